The van der Waals surface area contributed by atoms with E-state index in [4.69, 9.17) is 4.52 Å². The Morgan fingerprint density at radius 3 is 2.74 bits per heavy atom. The molecule has 5 heterocycles. The van der Waals surface area contributed by atoms with Crippen LogP contribution in [0.2, 0.25) is 0 Å². The van der Waals surface area contributed by atoms with Gasteiger partial charge in [-0.1, -0.05) is 10.4 Å². The number of fused-ring (bicyclic) bond motifs is 1. The van der Waals surface area contributed by atoms with Crippen molar-refractivity contribution >= 4 is 22.9 Å². The van der Waals surface area contributed by atoms with Crippen molar-refractivity contribution in [1.82, 2.24) is 39.8 Å². The minimum atomic E-state index is -2.82. The molecule has 1 atom stereocenters. The number of rotatable bonds is 6. The Kier molecular flexibility index (Phi) is 5.40. The van der Waals surface area contributed by atoms with Gasteiger partial charge in [-0.15, -0.1) is 16.4 Å². The van der Waals surface area contributed by atoms with Crippen LogP contribution in [0.1, 0.15) is 52.0 Å². The summed E-state index contributed by atoms with van der Waals surface area (Å²) in [4.78, 5) is 23.8. The van der Waals surface area contributed by atoms with Crippen LogP contribution in [0.5, 0.6) is 0 Å². The summed E-state index contributed by atoms with van der Waals surface area (Å²) in [6, 6.07) is 4.79. The highest BCUT2D eigenvalue weighted by Crippen LogP contribution is 2.31. The molecule has 0 aliphatic carbocycles. The molecule has 0 spiro atoms. The van der Waals surface area contributed by atoms with Crippen molar-refractivity contribution in [2.75, 3.05) is 0 Å². The van der Waals surface area contributed by atoms with Crippen LogP contribution < -0.4 is 5.32 Å². The van der Waals surface area contributed by atoms with Gasteiger partial charge in [0.2, 0.25) is 5.89 Å². The second kappa shape index (κ2) is 8.41. The molecule has 0 bridgehead atoms. The van der Waals surface area contributed by atoms with Gasteiger partial charge in [-0.3, -0.25) is 9.20 Å². The normalized spacial score (nSPS) is 12.5. The Morgan fingerprint density at radius 1 is 1.24 bits per heavy atom. The minimum Gasteiger partial charge on any atom is -0.340 e. The molecule has 0 saturated heterocycles. The summed E-state index contributed by atoms with van der Waals surface area (Å²) in [5.41, 5.74) is 1.05. The van der Waals surface area contributed by atoms with Crippen molar-refractivity contribution in [3.8, 4) is 16.3 Å². The molecule has 1 unspecified atom stereocenters. The van der Waals surface area contributed by atoms with E-state index in [0.717, 1.165) is 20.6 Å². The average Bonchev–Trinajstić information content (AvgIpc) is 3.59. The SMILES string of the molecule is Cc1noc(C(C)NC(=O)c2cc(-n3nncc3C(F)F)c3ncc(-c4ccc(C)s4)n3c2)n1. The lowest BCUT2D eigenvalue weighted by atomic mass is 10.2. The van der Waals surface area contributed by atoms with Gasteiger partial charge in [0.1, 0.15) is 17.4 Å². The first kappa shape index (κ1) is 21.8. The maximum atomic E-state index is 13.6. The van der Waals surface area contributed by atoms with Crippen molar-refractivity contribution in [2.45, 2.75) is 33.2 Å². The number of nitrogens with one attached hydrogen (secondary N) is 1. The summed E-state index contributed by atoms with van der Waals surface area (Å²) < 4.78 is 35.0. The fraction of sp³-hybridized carbons (Fsp3) is 0.238. The molecule has 34 heavy (non-hydrogen) atoms. The van der Waals surface area contributed by atoms with Crippen LogP contribution in [-0.2, 0) is 0 Å². The Bertz CT molecular complexity index is 1500. The molecule has 0 aliphatic heterocycles. The summed E-state index contributed by atoms with van der Waals surface area (Å²) in [6.45, 7) is 5.35. The van der Waals surface area contributed by atoms with E-state index in [2.05, 4.69) is 30.8 Å². The average molecular weight is 484 g/mol. The van der Waals surface area contributed by atoms with Gasteiger partial charge in [-0.05, 0) is 39.0 Å². The van der Waals surface area contributed by atoms with Crippen molar-refractivity contribution in [1.29, 1.82) is 0 Å². The highest BCUT2D eigenvalue weighted by Gasteiger charge is 2.23. The monoisotopic (exact) mass is 484 g/mol. The van der Waals surface area contributed by atoms with Crippen molar-refractivity contribution < 1.29 is 18.1 Å². The van der Waals surface area contributed by atoms with Crippen LogP contribution in [0.3, 0.4) is 0 Å². The summed E-state index contributed by atoms with van der Waals surface area (Å²) in [7, 11) is 0. The highest BCUT2D eigenvalue weighted by molar-refractivity contribution is 7.15. The van der Waals surface area contributed by atoms with E-state index in [9.17, 15) is 13.6 Å². The van der Waals surface area contributed by atoms with Crippen molar-refractivity contribution in [2.24, 2.45) is 0 Å². The maximum Gasteiger partial charge on any atom is 0.282 e. The smallest absolute Gasteiger partial charge is 0.282 e. The van der Waals surface area contributed by atoms with Gasteiger partial charge in [0.15, 0.2) is 11.5 Å². The predicted molar refractivity (Wildman–Crippen MR) is 118 cm³/mol. The highest BCUT2D eigenvalue weighted by atomic mass is 32.1. The molecular weight excluding hydrogens is 466 g/mol. The number of carbonyl (C=O) groups is 1. The van der Waals surface area contributed by atoms with Crippen LogP contribution in [0.15, 0.2) is 41.3 Å². The minimum absolute atomic E-state index is 0.196. The Hall–Kier alpha value is -4.00. The molecule has 5 rings (SSSR count). The van der Waals surface area contributed by atoms with Gasteiger partial charge in [-0.2, -0.15) is 4.98 Å². The number of hydrogen-bond donors (Lipinski definition) is 1. The lowest BCUT2D eigenvalue weighted by molar-refractivity contribution is 0.0932. The first-order chi connectivity index (χ1) is 16.3. The van der Waals surface area contributed by atoms with Crippen LogP contribution >= 0.6 is 11.3 Å². The Balaban J connectivity index is 1.64. The second-order valence-corrected chi connectivity index (χ2v) is 8.90. The van der Waals surface area contributed by atoms with Crippen molar-refractivity contribution in [3.05, 3.63) is 64.6 Å². The summed E-state index contributed by atoms with van der Waals surface area (Å²) >= 11 is 1.55. The molecule has 5 aromatic rings. The predicted octanol–water partition coefficient (Wildman–Crippen LogP) is 4.07. The first-order valence-electron chi connectivity index (χ1n) is 10.2. The summed E-state index contributed by atoms with van der Waals surface area (Å²) in [6.07, 6.45) is 1.41. The molecule has 174 valence electrons. The van der Waals surface area contributed by atoms with Gasteiger partial charge >= 0.3 is 0 Å². The van der Waals surface area contributed by atoms with Crippen LogP contribution in [0.25, 0.3) is 21.9 Å². The van der Waals surface area contributed by atoms with Crippen LogP contribution in [0.4, 0.5) is 8.78 Å². The van der Waals surface area contributed by atoms with Crippen LogP contribution in [0, 0.1) is 13.8 Å². The molecule has 13 heteroatoms. The first-order valence-corrected chi connectivity index (χ1v) is 11.0. The van der Waals surface area contributed by atoms with E-state index >= 15 is 0 Å². The Morgan fingerprint density at radius 2 is 2.06 bits per heavy atom. The van der Waals surface area contributed by atoms with E-state index in [1.807, 2.05) is 19.1 Å². The molecule has 10 nitrogen and oxygen atoms in total. The largest absolute Gasteiger partial charge is 0.340 e. The summed E-state index contributed by atoms with van der Waals surface area (Å²) in [5, 5.41) is 14.0. The zero-order valence-corrected chi connectivity index (χ0v) is 19.0. The zero-order chi connectivity index (χ0) is 24.0. The molecule has 0 aliphatic rings. The zero-order valence-electron chi connectivity index (χ0n) is 18.2. The molecule has 0 aromatic carbocycles. The molecule has 0 fully saturated rings. The van der Waals surface area contributed by atoms with E-state index in [0.29, 0.717) is 17.2 Å². The van der Waals surface area contributed by atoms with Gasteiger partial charge in [0, 0.05) is 11.1 Å². The molecule has 0 radical (unpaired) electrons. The van der Waals surface area contributed by atoms with E-state index < -0.39 is 24.1 Å². The number of carbonyl (C=O) groups excluding carboxylic acids is 1. The lowest BCUT2D eigenvalue weighted by Crippen LogP contribution is -2.27. The number of nitrogens with zero attached hydrogens (tertiary/aromatic N) is 7. The molecule has 1 amide bonds. The number of aryl methyl sites for hydroxylation is 2. The number of halogens is 2. The lowest BCUT2D eigenvalue weighted by Gasteiger charge is -2.13. The topological polar surface area (TPSA) is 116 Å². The third-order valence-electron chi connectivity index (χ3n) is 5.13. The number of aromatic nitrogens is 7. The summed E-state index contributed by atoms with van der Waals surface area (Å²) in [5.74, 6) is 0.229. The van der Waals surface area contributed by atoms with Crippen molar-refractivity contribution in [3.63, 3.8) is 0 Å². The molecular formula is C21H18F2N8O2S. The molecule has 5 aromatic heterocycles. The third-order valence-corrected chi connectivity index (χ3v) is 6.15. The molecule has 0 saturated carbocycles. The Labute approximate surface area is 195 Å². The number of alkyl halides is 2. The molecule has 1 N–H and O–H groups in total. The van der Waals surface area contributed by atoms with Gasteiger partial charge in [0.25, 0.3) is 12.3 Å². The number of amides is 1. The number of imidazole rings is 1. The van der Waals surface area contributed by atoms with Gasteiger partial charge in [-0.25, -0.2) is 18.4 Å². The third kappa shape index (κ3) is 3.83. The van der Waals surface area contributed by atoms with Crippen LogP contribution in [-0.4, -0.2) is 40.4 Å². The maximum absolute atomic E-state index is 13.6. The number of thiophene rings is 1. The van der Waals surface area contributed by atoms with E-state index in [1.165, 1.54) is 6.07 Å². The fourth-order valence-corrected chi connectivity index (χ4v) is 4.39. The van der Waals surface area contributed by atoms with E-state index in [1.54, 1.807) is 42.0 Å². The van der Waals surface area contributed by atoms with Gasteiger partial charge < -0.3 is 9.84 Å². The fourth-order valence-electron chi connectivity index (χ4n) is 3.51. The number of pyridine rings is 1. The number of hydrogen-bond acceptors (Lipinski definition) is 8. The quantitative estimate of drug-likeness (QED) is 0.386. The second-order valence-electron chi connectivity index (χ2n) is 7.61. The van der Waals surface area contributed by atoms with Gasteiger partial charge in [0.05, 0.1) is 28.5 Å². The van der Waals surface area contributed by atoms with E-state index in [-0.39, 0.29) is 17.1 Å². The standard InChI is InChI=1S/C21H18F2N8O2S/c1-10-4-5-17(34-10)15-7-24-19-14(31-16(18(22)23)8-25-29-31)6-13(9-30(15)19)20(32)26-11(2)21-27-12(3)28-33-21/h4-9,11,18H,1-3H3,(H,26,32).